The molecule has 0 bridgehead atoms. The van der Waals surface area contributed by atoms with Crippen molar-refractivity contribution in [1.29, 1.82) is 0 Å². The zero-order valence-electron chi connectivity index (χ0n) is 9.50. The molecular weight excluding hydrogens is 212 g/mol. The Morgan fingerprint density at radius 1 is 1.31 bits per heavy atom. The van der Waals surface area contributed by atoms with E-state index in [1.54, 1.807) is 6.92 Å². The lowest BCUT2D eigenvalue weighted by Crippen LogP contribution is -2.26. The monoisotopic (exact) mass is 229 g/mol. The molecular formula is C12H17F2NO. The highest BCUT2D eigenvalue weighted by atomic mass is 19.1. The number of hydrogen-bond donors (Lipinski definition) is 2. The molecule has 2 unspecified atom stereocenters. The SMILES string of the molecule is CC(CO)CNC(C)c1ccc(F)cc1F. The fourth-order valence-corrected chi connectivity index (χ4v) is 1.41. The van der Waals surface area contributed by atoms with E-state index < -0.39 is 11.6 Å². The minimum atomic E-state index is -0.572. The van der Waals surface area contributed by atoms with Gasteiger partial charge in [0.15, 0.2) is 0 Å². The first kappa shape index (κ1) is 13.1. The van der Waals surface area contributed by atoms with E-state index in [1.165, 1.54) is 12.1 Å². The average Bonchev–Trinajstić information content (AvgIpc) is 2.25. The van der Waals surface area contributed by atoms with Crippen molar-refractivity contribution < 1.29 is 13.9 Å². The summed E-state index contributed by atoms with van der Waals surface area (Å²) in [4.78, 5) is 0. The van der Waals surface area contributed by atoms with Gasteiger partial charge in [-0.2, -0.15) is 0 Å². The highest BCUT2D eigenvalue weighted by Gasteiger charge is 2.12. The molecule has 0 radical (unpaired) electrons. The van der Waals surface area contributed by atoms with Crippen molar-refractivity contribution in [3.8, 4) is 0 Å². The van der Waals surface area contributed by atoms with Gasteiger partial charge in [-0.25, -0.2) is 8.78 Å². The standard InChI is InChI=1S/C12H17F2NO/c1-8(7-16)6-15-9(2)11-4-3-10(13)5-12(11)14/h3-5,8-9,15-16H,6-7H2,1-2H3. The number of benzene rings is 1. The molecule has 1 aromatic rings. The maximum Gasteiger partial charge on any atom is 0.130 e. The van der Waals surface area contributed by atoms with Crippen LogP contribution in [0.4, 0.5) is 8.78 Å². The van der Waals surface area contributed by atoms with Gasteiger partial charge in [0.05, 0.1) is 0 Å². The van der Waals surface area contributed by atoms with Crippen LogP contribution in [0.25, 0.3) is 0 Å². The summed E-state index contributed by atoms with van der Waals surface area (Å²) in [5, 5.41) is 11.9. The number of hydrogen-bond acceptors (Lipinski definition) is 2. The van der Waals surface area contributed by atoms with Gasteiger partial charge in [-0.05, 0) is 18.9 Å². The van der Waals surface area contributed by atoms with Crippen molar-refractivity contribution in [2.45, 2.75) is 19.9 Å². The topological polar surface area (TPSA) is 32.3 Å². The molecule has 0 aliphatic rings. The van der Waals surface area contributed by atoms with Crippen molar-refractivity contribution >= 4 is 0 Å². The zero-order chi connectivity index (χ0) is 12.1. The minimum Gasteiger partial charge on any atom is -0.396 e. The third-order valence-corrected chi connectivity index (χ3v) is 2.51. The van der Waals surface area contributed by atoms with Gasteiger partial charge in [0.25, 0.3) is 0 Å². The highest BCUT2D eigenvalue weighted by molar-refractivity contribution is 5.21. The Kier molecular flexibility index (Phi) is 4.83. The van der Waals surface area contributed by atoms with Crippen LogP contribution in [0.2, 0.25) is 0 Å². The maximum atomic E-state index is 13.4. The van der Waals surface area contributed by atoms with Gasteiger partial charge in [0.2, 0.25) is 0 Å². The van der Waals surface area contributed by atoms with Crippen LogP contribution in [0.15, 0.2) is 18.2 Å². The van der Waals surface area contributed by atoms with Crippen LogP contribution < -0.4 is 5.32 Å². The summed E-state index contributed by atoms with van der Waals surface area (Å²) in [7, 11) is 0. The van der Waals surface area contributed by atoms with E-state index in [0.717, 1.165) is 6.07 Å². The molecule has 90 valence electrons. The highest BCUT2D eigenvalue weighted by Crippen LogP contribution is 2.17. The second kappa shape index (κ2) is 5.92. The number of halogens is 2. The van der Waals surface area contributed by atoms with Crippen molar-refractivity contribution in [3.63, 3.8) is 0 Å². The molecule has 2 atom stereocenters. The lowest BCUT2D eigenvalue weighted by molar-refractivity contribution is 0.230. The molecule has 2 nitrogen and oxygen atoms in total. The van der Waals surface area contributed by atoms with E-state index >= 15 is 0 Å². The molecule has 0 spiro atoms. The zero-order valence-corrected chi connectivity index (χ0v) is 9.50. The second-order valence-electron chi connectivity index (χ2n) is 4.08. The Morgan fingerprint density at radius 3 is 2.56 bits per heavy atom. The Morgan fingerprint density at radius 2 is 2.00 bits per heavy atom. The molecule has 1 rings (SSSR count). The molecule has 0 aliphatic heterocycles. The maximum absolute atomic E-state index is 13.4. The lowest BCUT2D eigenvalue weighted by Gasteiger charge is -2.17. The summed E-state index contributed by atoms with van der Waals surface area (Å²) in [6.45, 7) is 4.38. The molecule has 0 saturated heterocycles. The summed E-state index contributed by atoms with van der Waals surface area (Å²) < 4.78 is 26.1. The van der Waals surface area contributed by atoms with Gasteiger partial charge in [0, 0.05) is 30.8 Å². The van der Waals surface area contributed by atoms with E-state index in [4.69, 9.17) is 5.11 Å². The third-order valence-electron chi connectivity index (χ3n) is 2.51. The van der Waals surface area contributed by atoms with Crippen LogP contribution in [0.5, 0.6) is 0 Å². The molecule has 2 N–H and O–H groups in total. The molecule has 0 saturated carbocycles. The lowest BCUT2D eigenvalue weighted by atomic mass is 10.1. The van der Waals surface area contributed by atoms with E-state index in [9.17, 15) is 8.78 Å². The van der Waals surface area contributed by atoms with Gasteiger partial charge >= 0.3 is 0 Å². The Hall–Kier alpha value is -1.00. The van der Waals surface area contributed by atoms with Crippen LogP contribution >= 0.6 is 0 Å². The van der Waals surface area contributed by atoms with E-state index in [-0.39, 0.29) is 18.6 Å². The molecule has 1 aromatic carbocycles. The molecule has 0 heterocycles. The molecule has 4 heteroatoms. The summed E-state index contributed by atoms with van der Waals surface area (Å²) >= 11 is 0. The van der Waals surface area contributed by atoms with Crippen molar-refractivity contribution in [2.75, 3.05) is 13.2 Å². The van der Waals surface area contributed by atoms with Crippen molar-refractivity contribution in [2.24, 2.45) is 5.92 Å². The quantitative estimate of drug-likeness (QED) is 0.811. The van der Waals surface area contributed by atoms with Crippen molar-refractivity contribution in [1.82, 2.24) is 5.32 Å². The second-order valence-corrected chi connectivity index (χ2v) is 4.08. The molecule has 0 amide bonds. The fraction of sp³-hybridized carbons (Fsp3) is 0.500. The first-order valence-corrected chi connectivity index (χ1v) is 5.33. The largest absolute Gasteiger partial charge is 0.396 e. The number of aliphatic hydroxyl groups excluding tert-OH is 1. The summed E-state index contributed by atoms with van der Waals surface area (Å²) in [5.74, 6) is -1.00. The van der Waals surface area contributed by atoms with Crippen LogP contribution in [0, 0.1) is 17.6 Å². The molecule has 0 aromatic heterocycles. The fourth-order valence-electron chi connectivity index (χ4n) is 1.41. The summed E-state index contributed by atoms with van der Waals surface area (Å²) in [5.41, 5.74) is 0.437. The first-order chi connectivity index (χ1) is 7.54. The number of rotatable bonds is 5. The van der Waals surface area contributed by atoms with Gasteiger partial charge < -0.3 is 10.4 Å². The predicted molar refractivity (Wildman–Crippen MR) is 59.0 cm³/mol. The van der Waals surface area contributed by atoms with E-state index in [1.807, 2.05) is 6.92 Å². The third kappa shape index (κ3) is 3.54. The van der Waals surface area contributed by atoms with Crippen LogP contribution in [-0.2, 0) is 0 Å². The summed E-state index contributed by atoms with van der Waals surface area (Å²) in [6.07, 6.45) is 0. The van der Waals surface area contributed by atoms with E-state index in [0.29, 0.717) is 12.1 Å². The molecule has 0 fully saturated rings. The van der Waals surface area contributed by atoms with Gasteiger partial charge in [-0.3, -0.25) is 0 Å². The smallest absolute Gasteiger partial charge is 0.130 e. The van der Waals surface area contributed by atoms with Crippen LogP contribution in [0.3, 0.4) is 0 Å². The number of aliphatic hydroxyl groups is 1. The normalized spacial score (nSPS) is 14.8. The van der Waals surface area contributed by atoms with Crippen molar-refractivity contribution in [3.05, 3.63) is 35.4 Å². The van der Waals surface area contributed by atoms with Gasteiger partial charge in [-0.1, -0.05) is 13.0 Å². The average molecular weight is 229 g/mol. The first-order valence-electron chi connectivity index (χ1n) is 5.33. The molecule has 0 aliphatic carbocycles. The van der Waals surface area contributed by atoms with Gasteiger partial charge in [0.1, 0.15) is 11.6 Å². The molecule has 16 heavy (non-hydrogen) atoms. The Labute approximate surface area is 94.3 Å². The summed E-state index contributed by atoms with van der Waals surface area (Å²) in [6, 6.07) is 3.36. The minimum absolute atomic E-state index is 0.0889. The van der Waals surface area contributed by atoms with Crippen LogP contribution in [-0.4, -0.2) is 18.3 Å². The van der Waals surface area contributed by atoms with E-state index in [2.05, 4.69) is 5.32 Å². The Bertz CT molecular complexity index is 344. The number of nitrogens with one attached hydrogen (secondary N) is 1. The predicted octanol–water partition coefficient (Wildman–Crippen LogP) is 2.24. The Balaban J connectivity index is 2.62. The van der Waals surface area contributed by atoms with Gasteiger partial charge in [-0.15, -0.1) is 0 Å². The van der Waals surface area contributed by atoms with Crippen LogP contribution in [0.1, 0.15) is 25.5 Å².